The van der Waals surface area contributed by atoms with Crippen molar-refractivity contribution in [2.45, 2.75) is 30.8 Å². The second kappa shape index (κ2) is 10.2. The summed E-state index contributed by atoms with van der Waals surface area (Å²) >= 11 is 0. The number of amides is 1. The molecule has 6 nitrogen and oxygen atoms in total. The maximum absolute atomic E-state index is 13.3. The predicted molar refractivity (Wildman–Crippen MR) is 131 cm³/mol. The molecule has 0 spiro atoms. The molecule has 0 aliphatic carbocycles. The van der Waals surface area contributed by atoms with Gasteiger partial charge in [0.05, 0.1) is 11.3 Å². The molecule has 0 saturated carbocycles. The fourth-order valence-electron chi connectivity index (χ4n) is 4.14. The quantitative estimate of drug-likeness (QED) is 0.548. The maximum atomic E-state index is 13.3. The molecule has 4 rings (SSSR count). The standard InChI is InChI=1S/C26H29N3O3S/c1-28(23-13-3-2-4-14-23)33(31,32)25-16-8-7-15-24(25)26(30)27-19-21-11-5-6-12-22(21)20-29-17-9-10-18-29/h2-8,11-16H,9-10,17-20H2,1H3,(H,27,30). The lowest BCUT2D eigenvalue weighted by atomic mass is 10.1. The van der Waals surface area contributed by atoms with Gasteiger partial charge in [0.15, 0.2) is 0 Å². The molecule has 0 bridgehead atoms. The Balaban J connectivity index is 1.53. The van der Waals surface area contributed by atoms with Crippen molar-refractivity contribution in [3.8, 4) is 0 Å². The Morgan fingerprint density at radius 3 is 2.21 bits per heavy atom. The number of hydrogen-bond donors (Lipinski definition) is 1. The number of nitrogens with one attached hydrogen (secondary N) is 1. The highest BCUT2D eigenvalue weighted by molar-refractivity contribution is 7.92. The maximum Gasteiger partial charge on any atom is 0.264 e. The molecular formula is C26H29N3O3S. The molecule has 0 radical (unpaired) electrons. The van der Waals surface area contributed by atoms with Gasteiger partial charge in [0.1, 0.15) is 4.90 Å². The van der Waals surface area contributed by atoms with Crippen molar-refractivity contribution in [2.75, 3.05) is 24.4 Å². The van der Waals surface area contributed by atoms with Gasteiger partial charge in [-0.25, -0.2) is 8.42 Å². The zero-order chi connectivity index (χ0) is 23.3. The first kappa shape index (κ1) is 23.0. The Morgan fingerprint density at radius 2 is 1.48 bits per heavy atom. The Hall–Kier alpha value is -3.16. The lowest BCUT2D eigenvalue weighted by Crippen LogP contribution is -2.31. The smallest absolute Gasteiger partial charge is 0.264 e. The second-order valence-corrected chi connectivity index (χ2v) is 10.2. The highest BCUT2D eigenvalue weighted by Gasteiger charge is 2.26. The van der Waals surface area contributed by atoms with E-state index in [-0.39, 0.29) is 10.5 Å². The van der Waals surface area contributed by atoms with Crippen molar-refractivity contribution in [3.05, 3.63) is 95.6 Å². The molecule has 1 heterocycles. The van der Waals surface area contributed by atoms with Gasteiger partial charge in [0.25, 0.3) is 15.9 Å². The molecule has 1 N–H and O–H groups in total. The van der Waals surface area contributed by atoms with Crippen LogP contribution in [0.1, 0.15) is 34.3 Å². The van der Waals surface area contributed by atoms with Crippen molar-refractivity contribution in [3.63, 3.8) is 0 Å². The van der Waals surface area contributed by atoms with Crippen molar-refractivity contribution in [2.24, 2.45) is 0 Å². The summed E-state index contributed by atoms with van der Waals surface area (Å²) in [6.45, 7) is 3.40. The summed E-state index contributed by atoms with van der Waals surface area (Å²) in [7, 11) is -2.41. The molecule has 172 valence electrons. The van der Waals surface area contributed by atoms with E-state index in [1.807, 2.05) is 24.3 Å². The lowest BCUT2D eigenvalue weighted by molar-refractivity contribution is 0.0947. The van der Waals surface area contributed by atoms with Crippen LogP contribution in [0.2, 0.25) is 0 Å². The molecule has 1 fully saturated rings. The van der Waals surface area contributed by atoms with Crippen LogP contribution in [0.25, 0.3) is 0 Å². The van der Waals surface area contributed by atoms with Gasteiger partial charge in [0.2, 0.25) is 0 Å². The average molecular weight is 464 g/mol. The average Bonchev–Trinajstić information content (AvgIpc) is 3.36. The number of para-hydroxylation sites is 1. The van der Waals surface area contributed by atoms with E-state index in [4.69, 9.17) is 0 Å². The van der Waals surface area contributed by atoms with Gasteiger partial charge in [-0.1, -0.05) is 54.6 Å². The van der Waals surface area contributed by atoms with Crippen LogP contribution < -0.4 is 9.62 Å². The number of likely N-dealkylation sites (tertiary alicyclic amines) is 1. The Kier molecular flexibility index (Phi) is 7.11. The van der Waals surface area contributed by atoms with E-state index in [9.17, 15) is 13.2 Å². The number of rotatable bonds is 8. The second-order valence-electron chi connectivity index (χ2n) is 8.24. The first-order valence-electron chi connectivity index (χ1n) is 11.2. The van der Waals surface area contributed by atoms with Crippen molar-refractivity contribution < 1.29 is 13.2 Å². The molecule has 3 aromatic carbocycles. The zero-order valence-electron chi connectivity index (χ0n) is 18.8. The van der Waals surface area contributed by atoms with E-state index in [0.29, 0.717) is 12.2 Å². The molecule has 0 aromatic heterocycles. The van der Waals surface area contributed by atoms with E-state index in [2.05, 4.69) is 16.3 Å². The third kappa shape index (κ3) is 5.26. The molecule has 1 amide bonds. The van der Waals surface area contributed by atoms with Gasteiger partial charge >= 0.3 is 0 Å². The van der Waals surface area contributed by atoms with Gasteiger partial charge in [-0.3, -0.25) is 14.0 Å². The third-order valence-corrected chi connectivity index (χ3v) is 7.88. The van der Waals surface area contributed by atoms with Gasteiger partial charge in [-0.2, -0.15) is 0 Å². The van der Waals surface area contributed by atoms with Crippen molar-refractivity contribution in [1.29, 1.82) is 0 Å². The van der Waals surface area contributed by atoms with Crippen LogP contribution in [0.4, 0.5) is 5.69 Å². The molecule has 0 atom stereocenters. The summed E-state index contributed by atoms with van der Waals surface area (Å²) in [5.41, 5.74) is 2.89. The normalized spacial score (nSPS) is 14.2. The highest BCUT2D eigenvalue weighted by atomic mass is 32.2. The minimum absolute atomic E-state index is 0.0146. The Morgan fingerprint density at radius 1 is 0.879 bits per heavy atom. The van der Waals surface area contributed by atoms with Crippen LogP contribution in [0.15, 0.2) is 83.8 Å². The Labute approximate surface area is 195 Å². The minimum Gasteiger partial charge on any atom is -0.348 e. The molecular weight excluding hydrogens is 434 g/mol. The number of carbonyl (C=O) groups excluding carboxylic acids is 1. The van der Waals surface area contributed by atoms with E-state index in [1.54, 1.807) is 42.5 Å². The van der Waals surface area contributed by atoms with Crippen molar-refractivity contribution >= 4 is 21.6 Å². The van der Waals surface area contributed by atoms with E-state index < -0.39 is 15.9 Å². The monoisotopic (exact) mass is 463 g/mol. The third-order valence-electron chi connectivity index (χ3n) is 6.04. The van der Waals surface area contributed by atoms with Crippen LogP contribution in [0.3, 0.4) is 0 Å². The first-order valence-corrected chi connectivity index (χ1v) is 12.6. The van der Waals surface area contributed by atoms with Crippen LogP contribution in [0, 0.1) is 0 Å². The SMILES string of the molecule is CN(c1ccccc1)S(=O)(=O)c1ccccc1C(=O)NCc1ccccc1CN1CCCC1. The van der Waals surface area contributed by atoms with Crippen molar-refractivity contribution in [1.82, 2.24) is 10.2 Å². The zero-order valence-corrected chi connectivity index (χ0v) is 19.6. The number of nitrogens with zero attached hydrogens (tertiary/aromatic N) is 2. The van der Waals surface area contributed by atoms with Gasteiger partial charge < -0.3 is 5.32 Å². The molecule has 33 heavy (non-hydrogen) atoms. The number of carbonyl (C=O) groups is 1. The molecule has 0 unspecified atom stereocenters. The number of sulfonamides is 1. The minimum atomic E-state index is -3.91. The van der Waals surface area contributed by atoms with E-state index in [1.165, 1.54) is 35.8 Å². The van der Waals surface area contributed by atoms with Crippen LogP contribution in [0.5, 0.6) is 0 Å². The van der Waals surface area contributed by atoms with E-state index in [0.717, 1.165) is 25.2 Å². The number of hydrogen-bond acceptors (Lipinski definition) is 4. The van der Waals surface area contributed by atoms with Gasteiger partial charge in [-0.15, -0.1) is 0 Å². The topological polar surface area (TPSA) is 69.7 Å². The molecule has 7 heteroatoms. The molecule has 1 saturated heterocycles. The molecule has 1 aliphatic heterocycles. The predicted octanol–water partition coefficient (Wildman–Crippen LogP) is 4.04. The van der Waals surface area contributed by atoms with E-state index >= 15 is 0 Å². The molecule has 3 aromatic rings. The molecule has 1 aliphatic rings. The van der Waals surface area contributed by atoms with Gasteiger partial charge in [-0.05, 0) is 61.3 Å². The van der Waals surface area contributed by atoms with Crippen LogP contribution in [-0.2, 0) is 23.1 Å². The fourth-order valence-corrected chi connectivity index (χ4v) is 5.52. The summed E-state index contributed by atoms with van der Waals surface area (Å²) in [6, 6.07) is 23.2. The number of benzene rings is 3. The fraction of sp³-hybridized carbons (Fsp3) is 0.269. The summed E-state index contributed by atoms with van der Waals surface area (Å²) in [5, 5.41) is 2.93. The summed E-state index contributed by atoms with van der Waals surface area (Å²) in [4.78, 5) is 15.5. The summed E-state index contributed by atoms with van der Waals surface area (Å²) in [6.07, 6.45) is 2.45. The lowest BCUT2D eigenvalue weighted by Gasteiger charge is -2.21. The van der Waals surface area contributed by atoms with Crippen LogP contribution in [-0.4, -0.2) is 39.4 Å². The highest BCUT2D eigenvalue weighted by Crippen LogP contribution is 2.24. The summed E-state index contributed by atoms with van der Waals surface area (Å²) in [5.74, 6) is -0.411. The number of anilines is 1. The summed E-state index contributed by atoms with van der Waals surface area (Å²) < 4.78 is 27.8. The largest absolute Gasteiger partial charge is 0.348 e. The van der Waals surface area contributed by atoms with Gasteiger partial charge in [0, 0.05) is 20.1 Å². The van der Waals surface area contributed by atoms with Crippen LogP contribution >= 0.6 is 0 Å². The Bertz CT molecular complexity index is 1210. The first-order chi connectivity index (χ1) is 16.0.